The molecule has 4 rings (SSSR count). The second-order valence-electron chi connectivity index (χ2n) is 9.29. The summed E-state index contributed by atoms with van der Waals surface area (Å²) in [6.45, 7) is 8.48. The number of aromatic nitrogens is 3. The number of nitrogens with two attached hydrogens (primary N) is 1. The van der Waals surface area contributed by atoms with E-state index in [1.54, 1.807) is 39.1 Å². The van der Waals surface area contributed by atoms with Crippen molar-refractivity contribution in [2.24, 2.45) is 10.4 Å². The predicted octanol–water partition coefficient (Wildman–Crippen LogP) is 2.94. The molecule has 2 aliphatic rings. The number of carbonyl (C=O) groups is 1. The first-order chi connectivity index (χ1) is 15.0. The Morgan fingerprint density at radius 2 is 2.00 bits per heavy atom. The van der Waals surface area contributed by atoms with E-state index in [0.717, 1.165) is 12.4 Å². The van der Waals surface area contributed by atoms with E-state index >= 15 is 0 Å². The van der Waals surface area contributed by atoms with E-state index in [0.29, 0.717) is 41.3 Å². The van der Waals surface area contributed by atoms with E-state index in [9.17, 15) is 9.18 Å². The molecule has 4 heterocycles. The number of nitrogens with zero attached hydrogens (tertiary/aromatic N) is 5. The smallest absolute Gasteiger partial charge is 0.413 e. The molecule has 11 heteroatoms. The van der Waals surface area contributed by atoms with E-state index in [4.69, 9.17) is 15.5 Å². The van der Waals surface area contributed by atoms with E-state index < -0.39 is 23.1 Å². The van der Waals surface area contributed by atoms with E-state index in [2.05, 4.69) is 27.2 Å². The zero-order valence-corrected chi connectivity index (χ0v) is 19.2. The summed E-state index contributed by atoms with van der Waals surface area (Å²) in [6.07, 6.45) is 3.37. The Bertz CT molecular complexity index is 1060. The Morgan fingerprint density at radius 1 is 1.28 bits per heavy atom. The number of pyridine rings is 1. The zero-order valence-electron chi connectivity index (χ0n) is 18.4. The van der Waals surface area contributed by atoms with Gasteiger partial charge in [0.15, 0.2) is 11.0 Å². The number of anilines is 2. The monoisotopic (exact) mass is 459 g/mol. The van der Waals surface area contributed by atoms with Crippen LogP contribution in [0.3, 0.4) is 0 Å². The lowest BCUT2D eigenvalue weighted by molar-refractivity contribution is 0.0563. The quantitative estimate of drug-likeness (QED) is 0.704. The van der Waals surface area contributed by atoms with Crippen molar-refractivity contribution in [1.29, 1.82) is 0 Å². The third-order valence-corrected chi connectivity index (χ3v) is 6.73. The molecule has 0 bridgehead atoms. The number of aliphatic imine (C=N–C) groups is 1. The van der Waals surface area contributed by atoms with Gasteiger partial charge in [-0.1, -0.05) is 18.7 Å². The summed E-state index contributed by atoms with van der Waals surface area (Å²) in [4.78, 5) is 32.2. The maximum Gasteiger partial charge on any atom is 0.413 e. The van der Waals surface area contributed by atoms with Crippen LogP contribution in [0.15, 0.2) is 35.7 Å². The van der Waals surface area contributed by atoms with Gasteiger partial charge < -0.3 is 15.4 Å². The molecule has 3 N–H and O–H groups in total. The topological polar surface area (TPSA) is 119 Å². The second kappa shape index (κ2) is 7.88. The summed E-state index contributed by atoms with van der Waals surface area (Å²) in [5, 5.41) is 3.22. The Labute approximate surface area is 190 Å². The largest absolute Gasteiger partial charge is 0.444 e. The standard InChI is InChI=1S/C21H26FN7O2S/c1-19(2,3)31-18(30)27-17-28-21(15-7-14(23)5-6-24-15)11-29(10-20(21,4)12-32-17)16-25-8-13(22)9-26-16/h5-9H,10-12H2,1-4H3,(H2,23,24)(H,27,28,30). The first kappa shape index (κ1) is 22.3. The molecule has 0 saturated carbocycles. The van der Waals surface area contributed by atoms with Crippen LogP contribution in [0.1, 0.15) is 33.4 Å². The Hall–Kier alpha value is -2.95. The van der Waals surface area contributed by atoms with Gasteiger partial charge in [-0.3, -0.25) is 10.3 Å². The number of amides is 1. The van der Waals surface area contributed by atoms with Gasteiger partial charge in [-0.2, -0.15) is 0 Å². The molecule has 170 valence electrons. The number of nitrogens with one attached hydrogen (secondary N) is 1. The molecule has 0 aromatic carbocycles. The van der Waals surface area contributed by atoms with Gasteiger partial charge in [0.05, 0.1) is 24.6 Å². The first-order valence-corrected chi connectivity index (χ1v) is 11.2. The average Bonchev–Trinajstić information content (AvgIpc) is 3.01. The lowest BCUT2D eigenvalue weighted by Gasteiger charge is -2.42. The highest BCUT2D eigenvalue weighted by atomic mass is 32.2. The van der Waals surface area contributed by atoms with Crippen molar-refractivity contribution in [2.75, 3.05) is 29.5 Å². The molecule has 1 saturated heterocycles. The van der Waals surface area contributed by atoms with Crippen molar-refractivity contribution in [3.63, 3.8) is 0 Å². The number of ether oxygens (including phenoxy) is 1. The normalized spacial score (nSPS) is 25.2. The number of fused-ring (bicyclic) bond motifs is 1. The SMILES string of the molecule is CC(C)(C)OC(=O)NC1=NC2(c3cc(N)ccn3)CN(c3ncc(F)cn3)CC2(C)CS1. The highest BCUT2D eigenvalue weighted by Crippen LogP contribution is 2.53. The van der Waals surface area contributed by atoms with Crippen LogP contribution in [0.25, 0.3) is 0 Å². The highest BCUT2D eigenvalue weighted by Gasteiger charge is 2.60. The summed E-state index contributed by atoms with van der Waals surface area (Å²) in [5.41, 5.74) is 5.50. The molecular weight excluding hydrogens is 433 g/mol. The molecule has 2 unspecified atom stereocenters. The molecule has 1 amide bonds. The molecule has 2 aromatic heterocycles. The van der Waals surface area contributed by atoms with Crippen molar-refractivity contribution in [3.05, 3.63) is 42.2 Å². The summed E-state index contributed by atoms with van der Waals surface area (Å²) in [6, 6.07) is 3.52. The number of amidine groups is 1. The van der Waals surface area contributed by atoms with Gasteiger partial charge in [-0.05, 0) is 32.9 Å². The molecule has 2 atom stereocenters. The summed E-state index contributed by atoms with van der Waals surface area (Å²) in [7, 11) is 0. The molecule has 32 heavy (non-hydrogen) atoms. The molecule has 2 aromatic rings. The number of halogens is 1. The number of alkyl carbamates (subject to hydrolysis) is 1. The molecule has 2 aliphatic heterocycles. The minimum absolute atomic E-state index is 0.380. The third kappa shape index (κ3) is 4.21. The second-order valence-corrected chi connectivity index (χ2v) is 10.2. The number of carbonyl (C=O) groups excluding carboxylic acids is 1. The van der Waals surface area contributed by atoms with Gasteiger partial charge in [0, 0.05) is 29.6 Å². The lowest BCUT2D eigenvalue weighted by Crippen LogP contribution is -2.49. The minimum Gasteiger partial charge on any atom is -0.444 e. The first-order valence-electron chi connectivity index (χ1n) is 10.2. The summed E-state index contributed by atoms with van der Waals surface area (Å²) in [5.74, 6) is 0.559. The van der Waals surface area contributed by atoms with E-state index in [-0.39, 0.29) is 5.41 Å². The number of rotatable bonds is 2. The van der Waals surface area contributed by atoms with Crippen LogP contribution in [0.5, 0.6) is 0 Å². The lowest BCUT2D eigenvalue weighted by atomic mass is 9.72. The fraction of sp³-hybridized carbons (Fsp3) is 0.476. The number of thioether (sulfide) groups is 1. The molecule has 0 radical (unpaired) electrons. The molecule has 1 fully saturated rings. The Balaban J connectivity index is 1.74. The van der Waals surface area contributed by atoms with Crippen molar-refractivity contribution in [3.8, 4) is 0 Å². The van der Waals surface area contributed by atoms with Crippen molar-refractivity contribution < 1.29 is 13.9 Å². The van der Waals surface area contributed by atoms with Crippen molar-refractivity contribution >= 4 is 34.7 Å². The molecule has 0 aliphatic carbocycles. The maximum atomic E-state index is 13.4. The van der Waals surface area contributed by atoms with Gasteiger partial charge >= 0.3 is 6.09 Å². The molecule has 0 spiro atoms. The maximum absolute atomic E-state index is 13.4. The van der Waals surface area contributed by atoms with Crippen LogP contribution in [0.4, 0.5) is 20.8 Å². The fourth-order valence-corrected chi connectivity index (χ4v) is 5.19. The van der Waals surface area contributed by atoms with Crippen LogP contribution in [0, 0.1) is 11.2 Å². The van der Waals surface area contributed by atoms with Gasteiger partial charge in [0.2, 0.25) is 5.95 Å². The summed E-state index contributed by atoms with van der Waals surface area (Å²) < 4.78 is 18.8. The average molecular weight is 460 g/mol. The summed E-state index contributed by atoms with van der Waals surface area (Å²) >= 11 is 1.44. The highest BCUT2D eigenvalue weighted by molar-refractivity contribution is 8.13. The van der Waals surface area contributed by atoms with Crippen LogP contribution < -0.4 is 16.0 Å². The Kier molecular flexibility index (Phi) is 5.48. The van der Waals surface area contributed by atoms with Crippen LogP contribution >= 0.6 is 11.8 Å². The minimum atomic E-state index is -0.824. The van der Waals surface area contributed by atoms with Crippen molar-refractivity contribution in [2.45, 2.75) is 38.8 Å². The fourth-order valence-electron chi connectivity index (χ4n) is 4.03. The van der Waals surface area contributed by atoms with E-state index in [1.165, 1.54) is 11.8 Å². The Morgan fingerprint density at radius 3 is 2.66 bits per heavy atom. The van der Waals surface area contributed by atoms with Crippen LogP contribution in [0.2, 0.25) is 0 Å². The number of hydrogen-bond donors (Lipinski definition) is 2. The predicted molar refractivity (Wildman–Crippen MR) is 122 cm³/mol. The van der Waals surface area contributed by atoms with Crippen LogP contribution in [-0.2, 0) is 10.3 Å². The van der Waals surface area contributed by atoms with E-state index in [1.807, 2.05) is 4.90 Å². The number of hydrogen-bond acceptors (Lipinski definition) is 9. The zero-order chi connectivity index (χ0) is 23.1. The van der Waals surface area contributed by atoms with Crippen LogP contribution in [-0.4, -0.2) is 50.7 Å². The third-order valence-electron chi connectivity index (χ3n) is 5.48. The number of nitrogen functional groups attached to an aromatic ring is 1. The van der Waals surface area contributed by atoms with Gasteiger partial charge in [-0.15, -0.1) is 0 Å². The van der Waals surface area contributed by atoms with Gasteiger partial charge in [-0.25, -0.2) is 24.1 Å². The van der Waals surface area contributed by atoms with Gasteiger partial charge in [0.25, 0.3) is 0 Å². The van der Waals surface area contributed by atoms with Gasteiger partial charge in [0.1, 0.15) is 11.1 Å². The van der Waals surface area contributed by atoms with Crippen molar-refractivity contribution in [1.82, 2.24) is 20.3 Å². The molecule has 9 nitrogen and oxygen atoms in total. The molecular formula is C21H26FN7O2S.